The molecule has 0 radical (unpaired) electrons. The van der Waals surface area contributed by atoms with E-state index in [0.717, 1.165) is 35.2 Å². The summed E-state index contributed by atoms with van der Waals surface area (Å²) in [6.07, 6.45) is 11.1. The van der Waals surface area contributed by atoms with Gasteiger partial charge in [-0.15, -0.1) is 11.3 Å². The maximum Gasteiger partial charge on any atom is 0.328 e. The number of carbonyl (C=O) groups excluding carboxylic acids is 1. The van der Waals surface area contributed by atoms with E-state index in [4.69, 9.17) is 9.97 Å². The van der Waals surface area contributed by atoms with Crippen LogP contribution in [0.4, 0.5) is 5.82 Å². The summed E-state index contributed by atoms with van der Waals surface area (Å²) in [6.45, 7) is 6.41. The Kier molecular flexibility index (Phi) is 8.29. The maximum atomic E-state index is 13.5. The third kappa shape index (κ3) is 6.54. The van der Waals surface area contributed by atoms with Crippen LogP contribution in [0, 0.1) is 0 Å². The van der Waals surface area contributed by atoms with E-state index in [1.807, 2.05) is 51.9 Å². The summed E-state index contributed by atoms with van der Waals surface area (Å²) in [7, 11) is 1.90. The van der Waals surface area contributed by atoms with Gasteiger partial charge in [0, 0.05) is 50.3 Å². The molecule has 12 heteroatoms. The van der Waals surface area contributed by atoms with E-state index in [9.17, 15) is 19.5 Å². The number of aryl methyl sites for hydroxylation is 3. The van der Waals surface area contributed by atoms with Crippen LogP contribution in [0.1, 0.15) is 41.6 Å². The molecule has 0 aliphatic carbocycles. The van der Waals surface area contributed by atoms with Crippen molar-refractivity contribution in [2.45, 2.75) is 39.2 Å². The number of carboxylic acid groups (broad SMARTS) is 1. The highest BCUT2D eigenvalue weighted by Gasteiger charge is 2.26. The van der Waals surface area contributed by atoms with E-state index in [0.29, 0.717) is 43.6 Å². The molecule has 1 N–H and O–H groups in total. The SMILES string of the molecule is CC(C)c1csc(CCc2ccn3c(=O)c(/C=C/C(=O)O)c(N4CCN(C(=O)C[n+]5ccn(C)c5)CC4)nc3c2)n1. The average molecular weight is 577 g/mol. The molecule has 0 saturated carbocycles. The van der Waals surface area contributed by atoms with Crippen LogP contribution in [0.15, 0.2) is 53.3 Å². The number of piperazine rings is 1. The molecule has 0 atom stereocenters. The van der Waals surface area contributed by atoms with Crippen LogP contribution in [0.3, 0.4) is 0 Å². The van der Waals surface area contributed by atoms with Crippen LogP contribution in [-0.2, 0) is 36.0 Å². The highest BCUT2D eigenvalue weighted by Crippen LogP contribution is 2.22. The second-order valence-electron chi connectivity index (χ2n) is 10.5. The largest absolute Gasteiger partial charge is 0.478 e. The zero-order valence-electron chi connectivity index (χ0n) is 23.4. The predicted molar refractivity (Wildman–Crippen MR) is 156 cm³/mol. The molecule has 5 rings (SSSR count). The Balaban J connectivity index is 1.37. The Labute approximate surface area is 241 Å². The van der Waals surface area contributed by atoms with Crippen molar-refractivity contribution in [3.63, 3.8) is 0 Å². The van der Waals surface area contributed by atoms with Gasteiger partial charge in [-0.25, -0.2) is 23.9 Å². The predicted octanol–water partition coefficient (Wildman–Crippen LogP) is 2.13. The Morgan fingerprint density at radius 2 is 1.93 bits per heavy atom. The van der Waals surface area contributed by atoms with Crippen molar-refractivity contribution < 1.29 is 19.3 Å². The van der Waals surface area contributed by atoms with Crippen LogP contribution in [0.25, 0.3) is 11.7 Å². The lowest BCUT2D eigenvalue weighted by Crippen LogP contribution is -2.52. The Morgan fingerprint density at radius 3 is 2.59 bits per heavy atom. The van der Waals surface area contributed by atoms with Crippen molar-refractivity contribution in [3.05, 3.63) is 80.7 Å². The normalized spacial score (nSPS) is 14.0. The van der Waals surface area contributed by atoms with Crippen molar-refractivity contribution >= 4 is 40.8 Å². The fourth-order valence-corrected chi connectivity index (χ4v) is 5.81. The third-order valence-electron chi connectivity index (χ3n) is 7.16. The highest BCUT2D eigenvalue weighted by atomic mass is 32.1. The number of fused-ring (bicyclic) bond motifs is 1. The summed E-state index contributed by atoms with van der Waals surface area (Å²) >= 11 is 1.66. The number of nitrogens with zero attached hydrogens (tertiary/aromatic N) is 7. The number of thiazole rings is 1. The number of aromatic nitrogens is 5. The van der Waals surface area contributed by atoms with Gasteiger partial charge in [0.05, 0.1) is 23.3 Å². The Hall–Kier alpha value is -4.32. The minimum atomic E-state index is -1.15. The Morgan fingerprint density at radius 1 is 1.15 bits per heavy atom. The smallest absolute Gasteiger partial charge is 0.328 e. The van der Waals surface area contributed by atoms with E-state index >= 15 is 0 Å². The molecule has 11 nitrogen and oxygen atoms in total. The minimum Gasteiger partial charge on any atom is -0.478 e. The van der Waals surface area contributed by atoms with Gasteiger partial charge in [0.2, 0.25) is 6.33 Å². The van der Waals surface area contributed by atoms with Gasteiger partial charge in [0.1, 0.15) is 23.9 Å². The molecule has 0 unspecified atom stereocenters. The summed E-state index contributed by atoms with van der Waals surface area (Å²) in [5, 5.41) is 12.4. The quantitative estimate of drug-likeness (QED) is 0.240. The van der Waals surface area contributed by atoms with Gasteiger partial charge in [-0.1, -0.05) is 13.8 Å². The molecular weight excluding hydrogens is 542 g/mol. The van der Waals surface area contributed by atoms with Gasteiger partial charge in [0.15, 0.2) is 6.54 Å². The first-order chi connectivity index (χ1) is 19.7. The van der Waals surface area contributed by atoms with Gasteiger partial charge < -0.3 is 14.9 Å². The second kappa shape index (κ2) is 12.0. The first-order valence-corrected chi connectivity index (χ1v) is 14.5. The van der Waals surface area contributed by atoms with E-state index in [1.165, 1.54) is 10.5 Å². The summed E-state index contributed by atoms with van der Waals surface area (Å²) in [5.41, 5.74) is 2.50. The van der Waals surface area contributed by atoms with Crippen molar-refractivity contribution in [1.29, 1.82) is 0 Å². The first-order valence-electron chi connectivity index (χ1n) is 13.6. The summed E-state index contributed by atoms with van der Waals surface area (Å²) < 4.78 is 5.17. The molecule has 5 heterocycles. The number of carboxylic acids is 1. The fourth-order valence-electron chi connectivity index (χ4n) is 4.85. The number of amides is 1. The molecule has 1 aliphatic heterocycles. The van der Waals surface area contributed by atoms with E-state index in [-0.39, 0.29) is 23.6 Å². The molecule has 0 spiro atoms. The molecule has 0 bridgehead atoms. The molecule has 1 aliphatic rings. The summed E-state index contributed by atoms with van der Waals surface area (Å²) in [5.74, 6) is -0.311. The van der Waals surface area contributed by atoms with Crippen LogP contribution in [-0.4, -0.2) is 67.0 Å². The van der Waals surface area contributed by atoms with Gasteiger partial charge in [-0.05, 0) is 36.1 Å². The van der Waals surface area contributed by atoms with E-state index < -0.39 is 5.97 Å². The average Bonchev–Trinajstić information content (AvgIpc) is 3.60. The van der Waals surface area contributed by atoms with E-state index in [1.54, 1.807) is 22.4 Å². The van der Waals surface area contributed by atoms with Crippen LogP contribution in [0.5, 0.6) is 0 Å². The van der Waals surface area contributed by atoms with E-state index in [2.05, 4.69) is 19.2 Å². The molecule has 1 saturated heterocycles. The number of hydrogen-bond acceptors (Lipinski definition) is 7. The lowest BCUT2D eigenvalue weighted by molar-refractivity contribution is -0.684. The molecule has 214 valence electrons. The highest BCUT2D eigenvalue weighted by molar-refractivity contribution is 7.09. The summed E-state index contributed by atoms with van der Waals surface area (Å²) in [4.78, 5) is 51.0. The third-order valence-corrected chi connectivity index (χ3v) is 8.09. The number of imidazole rings is 1. The molecule has 4 aromatic rings. The molecule has 1 fully saturated rings. The zero-order chi connectivity index (χ0) is 29.1. The number of rotatable bonds is 9. The van der Waals surface area contributed by atoms with Gasteiger partial charge in [-0.2, -0.15) is 0 Å². The number of pyridine rings is 1. The van der Waals surface area contributed by atoms with Crippen molar-refractivity contribution in [2.75, 3.05) is 31.1 Å². The fraction of sp³-hybridized carbons (Fsp3) is 0.379. The number of aliphatic carboxylic acids is 1. The van der Waals surface area contributed by atoms with Crippen LogP contribution in [0.2, 0.25) is 0 Å². The van der Waals surface area contributed by atoms with Crippen molar-refractivity contribution in [2.24, 2.45) is 7.05 Å². The van der Waals surface area contributed by atoms with Gasteiger partial charge in [0.25, 0.3) is 11.5 Å². The zero-order valence-corrected chi connectivity index (χ0v) is 24.3. The van der Waals surface area contributed by atoms with Crippen LogP contribution < -0.4 is 15.0 Å². The van der Waals surface area contributed by atoms with Crippen molar-refractivity contribution in [3.8, 4) is 0 Å². The number of hydrogen-bond donors (Lipinski definition) is 1. The molecule has 1 amide bonds. The standard InChI is InChI=1S/C29H33N7O4S/c1-20(2)23-18-41-25(30-23)6-4-21-8-9-36-24(16-21)31-28(22(29(36)40)5-7-27(38)39)35-14-12-34(13-15-35)26(37)17-33-11-10-32(3)19-33/h5,7-11,16,18-20H,4,6,12-15,17H2,1-3H3/p+1/b7-5+. The minimum absolute atomic E-state index is 0.0174. The molecule has 41 heavy (non-hydrogen) atoms. The van der Waals surface area contributed by atoms with Gasteiger partial charge >= 0.3 is 5.97 Å². The number of carbonyl (C=O) groups is 2. The monoisotopic (exact) mass is 576 g/mol. The topological polar surface area (TPSA) is 117 Å². The molecule has 0 aromatic carbocycles. The maximum absolute atomic E-state index is 13.5. The summed E-state index contributed by atoms with van der Waals surface area (Å²) in [6, 6.07) is 3.80. The molecular formula is C29H34N7O4S+. The lowest BCUT2D eigenvalue weighted by Gasteiger charge is -2.35. The molecule has 4 aromatic heterocycles. The Bertz CT molecular complexity index is 1660. The second-order valence-corrected chi connectivity index (χ2v) is 11.5. The number of anilines is 1. The first kappa shape index (κ1) is 28.2. The van der Waals surface area contributed by atoms with Crippen LogP contribution >= 0.6 is 11.3 Å². The van der Waals surface area contributed by atoms with Gasteiger partial charge in [-0.3, -0.25) is 14.0 Å². The lowest BCUT2D eigenvalue weighted by atomic mass is 10.1. The van der Waals surface area contributed by atoms with Crippen molar-refractivity contribution in [1.82, 2.24) is 23.8 Å².